The number of rotatable bonds is 10. The highest BCUT2D eigenvalue weighted by molar-refractivity contribution is 5.74. The van der Waals surface area contributed by atoms with Gasteiger partial charge in [-0.2, -0.15) is 0 Å². The van der Waals surface area contributed by atoms with Gasteiger partial charge in [0.15, 0.2) is 6.10 Å². The molecule has 1 aliphatic rings. The largest absolute Gasteiger partial charge is 0.480 e. The van der Waals surface area contributed by atoms with Crippen LogP contribution >= 0.6 is 0 Å². The van der Waals surface area contributed by atoms with E-state index >= 15 is 0 Å². The third-order valence-corrected chi connectivity index (χ3v) is 3.75. The molecule has 0 aromatic carbocycles. The summed E-state index contributed by atoms with van der Waals surface area (Å²) in [5.41, 5.74) is 0. The summed E-state index contributed by atoms with van der Waals surface area (Å²) < 4.78 is 0. The quantitative estimate of drug-likeness (QED) is 0.335. The molecular formula is C13H22N2O7. The van der Waals surface area contributed by atoms with Gasteiger partial charge in [-0.05, 0) is 38.8 Å². The third-order valence-electron chi connectivity index (χ3n) is 3.75. The molecule has 9 heteroatoms. The molecular weight excluding hydrogens is 296 g/mol. The van der Waals surface area contributed by atoms with Crippen molar-refractivity contribution in [3.05, 3.63) is 0 Å². The van der Waals surface area contributed by atoms with E-state index in [1.165, 1.54) is 0 Å². The lowest BCUT2D eigenvalue weighted by atomic mass is 10.1. The summed E-state index contributed by atoms with van der Waals surface area (Å²) in [5.74, 6) is -3.34. The Morgan fingerprint density at radius 3 is 2.36 bits per heavy atom. The zero-order chi connectivity index (χ0) is 16.7. The van der Waals surface area contributed by atoms with Gasteiger partial charge in [-0.25, -0.2) is 4.79 Å². The molecule has 0 aromatic rings. The fourth-order valence-electron chi connectivity index (χ4n) is 2.50. The van der Waals surface area contributed by atoms with E-state index in [0.717, 1.165) is 6.42 Å². The van der Waals surface area contributed by atoms with E-state index in [9.17, 15) is 14.4 Å². The lowest BCUT2D eigenvalue weighted by Crippen LogP contribution is -2.43. The molecule has 1 saturated heterocycles. The van der Waals surface area contributed by atoms with E-state index in [1.54, 1.807) is 4.90 Å². The Balaban J connectivity index is 2.39. The van der Waals surface area contributed by atoms with Crippen LogP contribution in [0.5, 0.6) is 0 Å². The van der Waals surface area contributed by atoms with Gasteiger partial charge in [-0.3, -0.25) is 14.5 Å². The number of nitrogens with zero attached hydrogens (tertiary/aromatic N) is 1. The molecule has 9 nitrogen and oxygen atoms in total. The number of nitrogens with one attached hydrogen (secondary N) is 1. The molecule has 0 bridgehead atoms. The van der Waals surface area contributed by atoms with Crippen LogP contribution in [0.15, 0.2) is 0 Å². The summed E-state index contributed by atoms with van der Waals surface area (Å²) in [6, 6.07) is -1.47. The maximum absolute atomic E-state index is 11.2. The van der Waals surface area contributed by atoms with Crippen LogP contribution in [0.1, 0.15) is 25.7 Å². The van der Waals surface area contributed by atoms with Crippen molar-refractivity contribution in [3.8, 4) is 0 Å². The number of aliphatic carboxylic acids is 3. The van der Waals surface area contributed by atoms with Crippen molar-refractivity contribution in [1.82, 2.24) is 10.2 Å². The molecule has 0 amide bonds. The van der Waals surface area contributed by atoms with Gasteiger partial charge in [-0.1, -0.05) is 0 Å². The van der Waals surface area contributed by atoms with Gasteiger partial charge >= 0.3 is 17.9 Å². The van der Waals surface area contributed by atoms with Crippen LogP contribution in [0, 0.1) is 0 Å². The van der Waals surface area contributed by atoms with Gasteiger partial charge in [0, 0.05) is 6.54 Å². The summed E-state index contributed by atoms with van der Waals surface area (Å²) in [6.07, 6.45) is -0.0851. The SMILES string of the molecule is O=C(O)C(O)CCN[C@@H](CCN1CCC[C@H]1C(=O)O)C(=O)O. The lowest BCUT2D eigenvalue weighted by Gasteiger charge is -2.23. The molecule has 0 aliphatic carbocycles. The third kappa shape index (κ3) is 5.58. The number of aliphatic hydroxyl groups is 1. The number of carboxylic acid groups (broad SMARTS) is 3. The van der Waals surface area contributed by atoms with Crippen LogP contribution in [0.2, 0.25) is 0 Å². The molecule has 5 N–H and O–H groups in total. The maximum Gasteiger partial charge on any atom is 0.332 e. The van der Waals surface area contributed by atoms with Gasteiger partial charge in [0.25, 0.3) is 0 Å². The van der Waals surface area contributed by atoms with Crippen LogP contribution in [-0.2, 0) is 14.4 Å². The number of hydrogen-bond donors (Lipinski definition) is 5. The Bertz CT molecular complexity index is 415. The number of carbonyl (C=O) groups is 3. The number of aliphatic hydroxyl groups excluding tert-OH is 1. The van der Waals surface area contributed by atoms with Gasteiger partial charge < -0.3 is 25.7 Å². The molecule has 0 radical (unpaired) electrons. The first kappa shape index (κ1) is 18.3. The molecule has 1 rings (SSSR count). The number of carboxylic acids is 3. The molecule has 0 aromatic heterocycles. The fraction of sp³-hybridized carbons (Fsp3) is 0.769. The lowest BCUT2D eigenvalue weighted by molar-refractivity contribution is -0.146. The standard InChI is InChI=1S/C13H22N2O7/c16-10(13(21)22)3-5-14-8(11(17)18)4-7-15-6-1-2-9(15)12(19)20/h8-10,14,16H,1-7H2,(H,17,18)(H,19,20)(H,21,22)/t8-,9-,10?/m0/s1. The Kier molecular flexibility index (Phi) is 7.22. The molecule has 1 aliphatic heterocycles. The van der Waals surface area contributed by atoms with Crippen molar-refractivity contribution < 1.29 is 34.8 Å². The van der Waals surface area contributed by atoms with Crippen molar-refractivity contribution in [3.63, 3.8) is 0 Å². The minimum absolute atomic E-state index is 0.0484. The van der Waals surface area contributed by atoms with E-state index in [0.29, 0.717) is 19.5 Å². The maximum atomic E-state index is 11.2. The first-order valence-corrected chi connectivity index (χ1v) is 7.17. The first-order chi connectivity index (χ1) is 10.3. The number of likely N-dealkylation sites (tertiary alicyclic amines) is 1. The highest BCUT2D eigenvalue weighted by Gasteiger charge is 2.31. The average Bonchev–Trinajstić information content (AvgIpc) is 2.90. The minimum Gasteiger partial charge on any atom is -0.480 e. The summed E-state index contributed by atoms with van der Waals surface area (Å²) in [4.78, 5) is 34.4. The minimum atomic E-state index is -1.53. The summed E-state index contributed by atoms with van der Waals surface area (Å²) >= 11 is 0. The Hall–Kier alpha value is -1.71. The Labute approximate surface area is 127 Å². The predicted molar refractivity (Wildman–Crippen MR) is 74.5 cm³/mol. The second-order valence-electron chi connectivity index (χ2n) is 5.31. The Morgan fingerprint density at radius 2 is 1.82 bits per heavy atom. The fourth-order valence-corrected chi connectivity index (χ4v) is 2.50. The van der Waals surface area contributed by atoms with Crippen LogP contribution in [0.3, 0.4) is 0 Å². The van der Waals surface area contributed by atoms with Gasteiger partial charge in [0.1, 0.15) is 12.1 Å². The van der Waals surface area contributed by atoms with Crippen LogP contribution in [0.25, 0.3) is 0 Å². The van der Waals surface area contributed by atoms with E-state index in [-0.39, 0.29) is 19.4 Å². The van der Waals surface area contributed by atoms with Crippen LogP contribution in [-0.4, -0.2) is 81.1 Å². The highest BCUT2D eigenvalue weighted by atomic mass is 16.4. The van der Waals surface area contributed by atoms with Gasteiger partial charge in [-0.15, -0.1) is 0 Å². The van der Waals surface area contributed by atoms with E-state index in [4.69, 9.17) is 20.4 Å². The molecule has 22 heavy (non-hydrogen) atoms. The molecule has 0 saturated carbocycles. The molecule has 3 atom stereocenters. The topological polar surface area (TPSA) is 147 Å². The highest BCUT2D eigenvalue weighted by Crippen LogP contribution is 2.17. The Morgan fingerprint density at radius 1 is 1.14 bits per heavy atom. The van der Waals surface area contributed by atoms with Crippen LogP contribution in [0.4, 0.5) is 0 Å². The van der Waals surface area contributed by atoms with Gasteiger partial charge in [0.05, 0.1) is 0 Å². The second-order valence-corrected chi connectivity index (χ2v) is 5.31. The van der Waals surface area contributed by atoms with E-state index in [2.05, 4.69) is 5.32 Å². The first-order valence-electron chi connectivity index (χ1n) is 7.17. The molecule has 0 spiro atoms. The van der Waals surface area contributed by atoms with Crippen molar-refractivity contribution in [2.24, 2.45) is 0 Å². The van der Waals surface area contributed by atoms with Crippen molar-refractivity contribution in [2.75, 3.05) is 19.6 Å². The predicted octanol–water partition coefficient (Wildman–Crippen LogP) is -1.20. The zero-order valence-corrected chi connectivity index (χ0v) is 12.1. The molecule has 126 valence electrons. The van der Waals surface area contributed by atoms with Gasteiger partial charge in [0.2, 0.25) is 0 Å². The normalized spacial score (nSPS) is 21.4. The summed E-state index contributed by atoms with van der Waals surface area (Å²) in [7, 11) is 0. The molecule has 1 fully saturated rings. The number of hydrogen-bond acceptors (Lipinski definition) is 6. The second kappa shape index (κ2) is 8.66. The van der Waals surface area contributed by atoms with E-state index in [1.807, 2.05) is 0 Å². The zero-order valence-electron chi connectivity index (χ0n) is 12.1. The van der Waals surface area contributed by atoms with Crippen molar-refractivity contribution in [2.45, 2.75) is 43.9 Å². The van der Waals surface area contributed by atoms with E-state index < -0.39 is 36.1 Å². The molecule has 1 unspecified atom stereocenters. The average molecular weight is 318 g/mol. The smallest absolute Gasteiger partial charge is 0.332 e. The summed E-state index contributed by atoms with van der Waals surface area (Å²) in [5, 5.41) is 38.5. The summed E-state index contributed by atoms with van der Waals surface area (Å²) in [6.45, 7) is 1.01. The van der Waals surface area contributed by atoms with Crippen molar-refractivity contribution in [1.29, 1.82) is 0 Å². The van der Waals surface area contributed by atoms with Crippen LogP contribution < -0.4 is 5.32 Å². The monoisotopic (exact) mass is 318 g/mol. The van der Waals surface area contributed by atoms with Crippen molar-refractivity contribution >= 4 is 17.9 Å². The molecule has 1 heterocycles.